The van der Waals surface area contributed by atoms with Crippen molar-refractivity contribution in [3.63, 3.8) is 0 Å². The third-order valence-corrected chi connectivity index (χ3v) is 1.16. The number of hydrogen-bond acceptors (Lipinski definition) is 2. The molecule has 0 unspecified atom stereocenters. The highest BCUT2D eigenvalue weighted by Crippen LogP contribution is 2.02. The number of para-hydroxylation sites is 1. The minimum absolute atomic E-state index is 0.379. The highest BCUT2D eigenvalue weighted by atomic mass is 16.1. The van der Waals surface area contributed by atoms with Gasteiger partial charge in [-0.25, -0.2) is 0 Å². The van der Waals surface area contributed by atoms with Gasteiger partial charge in [0, 0.05) is 5.69 Å². The first-order valence-corrected chi connectivity index (χ1v) is 3.16. The Morgan fingerprint density at radius 3 is 2.60 bits per heavy atom. The zero-order valence-electron chi connectivity index (χ0n) is 5.58. The summed E-state index contributed by atoms with van der Waals surface area (Å²) in [7, 11) is 0. The van der Waals surface area contributed by atoms with Gasteiger partial charge in [-0.05, 0) is 12.1 Å². The van der Waals surface area contributed by atoms with Crippen molar-refractivity contribution >= 4 is 12.0 Å². The molecule has 0 amide bonds. The summed E-state index contributed by atoms with van der Waals surface area (Å²) in [4.78, 5) is 9.92. The summed E-state index contributed by atoms with van der Waals surface area (Å²) in [5.74, 6) is 0. The molecule has 0 fully saturated rings. The average Bonchev–Trinajstić information content (AvgIpc) is 2.03. The highest BCUT2D eigenvalue weighted by Gasteiger charge is 1.84. The Morgan fingerprint density at radius 2 is 2.00 bits per heavy atom. The molecule has 2 heteroatoms. The molecule has 0 heterocycles. The van der Waals surface area contributed by atoms with E-state index < -0.39 is 0 Å². The lowest BCUT2D eigenvalue weighted by Crippen LogP contribution is -2.00. The van der Waals surface area contributed by atoms with Crippen molar-refractivity contribution in [2.24, 2.45) is 0 Å². The van der Waals surface area contributed by atoms with Crippen LogP contribution in [0, 0.1) is 0 Å². The lowest BCUT2D eigenvalue weighted by atomic mass is 10.3. The van der Waals surface area contributed by atoms with Gasteiger partial charge >= 0.3 is 0 Å². The van der Waals surface area contributed by atoms with Crippen molar-refractivity contribution in [3.05, 3.63) is 30.3 Å². The molecule has 0 radical (unpaired) electrons. The molecule has 0 aliphatic heterocycles. The Morgan fingerprint density at radius 1 is 1.30 bits per heavy atom. The van der Waals surface area contributed by atoms with Gasteiger partial charge in [-0.3, -0.25) is 0 Å². The SMILES string of the molecule is O=CCNc1ccccc1. The van der Waals surface area contributed by atoms with Gasteiger partial charge < -0.3 is 10.1 Å². The third-order valence-electron chi connectivity index (χ3n) is 1.16. The number of rotatable bonds is 3. The van der Waals surface area contributed by atoms with Gasteiger partial charge in [0.2, 0.25) is 0 Å². The van der Waals surface area contributed by atoms with Crippen molar-refractivity contribution in [1.29, 1.82) is 0 Å². The molecule has 2 nitrogen and oxygen atoms in total. The highest BCUT2D eigenvalue weighted by molar-refractivity contribution is 5.58. The minimum Gasteiger partial charge on any atom is -0.378 e. The van der Waals surface area contributed by atoms with Crippen LogP contribution in [0.5, 0.6) is 0 Å². The molecule has 0 saturated heterocycles. The Bertz CT molecular complexity index is 196. The predicted molar refractivity (Wildman–Crippen MR) is 41.0 cm³/mol. The van der Waals surface area contributed by atoms with E-state index >= 15 is 0 Å². The van der Waals surface area contributed by atoms with Gasteiger partial charge in [0.25, 0.3) is 0 Å². The van der Waals surface area contributed by atoms with Crippen molar-refractivity contribution in [1.82, 2.24) is 0 Å². The maximum absolute atomic E-state index is 9.92. The molecule has 0 aliphatic rings. The number of aldehydes is 1. The first-order valence-electron chi connectivity index (χ1n) is 3.16. The molecular weight excluding hydrogens is 126 g/mol. The summed E-state index contributed by atoms with van der Waals surface area (Å²) in [6, 6.07) is 9.62. The van der Waals surface area contributed by atoms with E-state index in [4.69, 9.17) is 0 Å². The second kappa shape index (κ2) is 3.67. The monoisotopic (exact) mass is 135 g/mol. The molecule has 0 saturated carbocycles. The van der Waals surface area contributed by atoms with E-state index in [1.165, 1.54) is 0 Å². The Labute approximate surface area is 59.9 Å². The topological polar surface area (TPSA) is 29.1 Å². The molecule has 0 aliphatic carbocycles. The molecule has 0 aromatic heterocycles. The van der Waals surface area contributed by atoms with Crippen molar-refractivity contribution < 1.29 is 4.79 Å². The van der Waals surface area contributed by atoms with Gasteiger partial charge in [-0.15, -0.1) is 0 Å². The lowest BCUT2D eigenvalue weighted by molar-refractivity contribution is -0.106. The standard InChI is InChI=1S/C8H9NO/c10-7-6-9-8-4-2-1-3-5-8/h1-5,7,9H,6H2. The maximum Gasteiger partial charge on any atom is 0.139 e. The molecule has 0 spiro atoms. The molecule has 10 heavy (non-hydrogen) atoms. The summed E-state index contributed by atoms with van der Waals surface area (Å²) in [6.07, 6.45) is 0.840. The number of carbonyl (C=O) groups is 1. The minimum atomic E-state index is 0.379. The average molecular weight is 135 g/mol. The molecule has 52 valence electrons. The van der Waals surface area contributed by atoms with E-state index in [2.05, 4.69) is 5.32 Å². The Kier molecular flexibility index (Phi) is 2.49. The van der Waals surface area contributed by atoms with Crippen molar-refractivity contribution in [2.45, 2.75) is 0 Å². The van der Waals surface area contributed by atoms with E-state index in [0.29, 0.717) is 6.54 Å². The fourth-order valence-corrected chi connectivity index (χ4v) is 0.716. The predicted octanol–water partition coefficient (Wildman–Crippen LogP) is 1.30. The van der Waals surface area contributed by atoms with Crippen LogP contribution in [-0.4, -0.2) is 12.8 Å². The van der Waals surface area contributed by atoms with Gasteiger partial charge in [0.15, 0.2) is 0 Å². The van der Waals surface area contributed by atoms with E-state index in [1.807, 2.05) is 30.3 Å². The van der Waals surface area contributed by atoms with Crippen LogP contribution >= 0.6 is 0 Å². The molecule has 0 atom stereocenters. The summed E-state index contributed by atoms with van der Waals surface area (Å²) >= 11 is 0. The number of nitrogens with one attached hydrogen (secondary N) is 1. The first kappa shape index (κ1) is 6.81. The van der Waals surface area contributed by atoms with Crippen molar-refractivity contribution in [2.75, 3.05) is 11.9 Å². The number of hydrogen-bond donors (Lipinski definition) is 1. The second-order valence-electron chi connectivity index (χ2n) is 1.91. The Balaban J connectivity index is 2.50. The van der Waals surface area contributed by atoms with Crippen LogP contribution < -0.4 is 5.32 Å². The number of benzene rings is 1. The lowest BCUT2D eigenvalue weighted by Gasteiger charge is -1.98. The first-order chi connectivity index (χ1) is 4.93. The number of anilines is 1. The normalized spacial score (nSPS) is 8.80. The molecule has 1 aromatic rings. The van der Waals surface area contributed by atoms with Crippen LogP contribution in [0.1, 0.15) is 0 Å². The van der Waals surface area contributed by atoms with Crippen molar-refractivity contribution in [3.8, 4) is 0 Å². The maximum atomic E-state index is 9.92. The zero-order chi connectivity index (χ0) is 7.23. The van der Waals surface area contributed by atoms with Gasteiger partial charge in [-0.1, -0.05) is 18.2 Å². The smallest absolute Gasteiger partial charge is 0.139 e. The Hall–Kier alpha value is -1.31. The van der Waals surface area contributed by atoms with Crippen LogP contribution in [0.3, 0.4) is 0 Å². The van der Waals surface area contributed by atoms with Gasteiger partial charge in [-0.2, -0.15) is 0 Å². The van der Waals surface area contributed by atoms with E-state index in [-0.39, 0.29) is 0 Å². The number of carbonyl (C=O) groups excluding carboxylic acids is 1. The largest absolute Gasteiger partial charge is 0.378 e. The summed E-state index contributed by atoms with van der Waals surface area (Å²) < 4.78 is 0. The van der Waals surface area contributed by atoms with Gasteiger partial charge in [0.05, 0.1) is 6.54 Å². The van der Waals surface area contributed by atoms with Gasteiger partial charge in [0.1, 0.15) is 6.29 Å². The summed E-state index contributed by atoms with van der Waals surface area (Å²) in [6.45, 7) is 0.379. The summed E-state index contributed by atoms with van der Waals surface area (Å²) in [5, 5.41) is 2.93. The van der Waals surface area contributed by atoms with Crippen LogP contribution in [0.25, 0.3) is 0 Å². The molecular formula is C8H9NO. The fraction of sp³-hybridized carbons (Fsp3) is 0.125. The molecule has 1 aromatic carbocycles. The molecule has 1 rings (SSSR count). The van der Waals surface area contributed by atoms with Crippen LogP contribution in [0.15, 0.2) is 30.3 Å². The third kappa shape index (κ3) is 1.90. The molecule has 1 N–H and O–H groups in total. The van der Waals surface area contributed by atoms with Crippen LogP contribution in [0.2, 0.25) is 0 Å². The van der Waals surface area contributed by atoms with Crippen LogP contribution in [0.4, 0.5) is 5.69 Å². The van der Waals surface area contributed by atoms with E-state index in [1.54, 1.807) is 0 Å². The van der Waals surface area contributed by atoms with Crippen LogP contribution in [-0.2, 0) is 4.79 Å². The van der Waals surface area contributed by atoms with E-state index in [9.17, 15) is 4.79 Å². The second-order valence-corrected chi connectivity index (χ2v) is 1.91. The molecule has 0 bridgehead atoms. The van der Waals surface area contributed by atoms with E-state index in [0.717, 1.165) is 12.0 Å². The fourth-order valence-electron chi connectivity index (χ4n) is 0.716. The quantitative estimate of drug-likeness (QED) is 0.633. The zero-order valence-corrected chi connectivity index (χ0v) is 5.58. The summed E-state index contributed by atoms with van der Waals surface area (Å²) in [5.41, 5.74) is 0.981.